The van der Waals surface area contributed by atoms with Gasteiger partial charge in [0.15, 0.2) is 0 Å². The lowest BCUT2D eigenvalue weighted by Gasteiger charge is -2.28. The topological polar surface area (TPSA) is 35.2 Å². The van der Waals surface area contributed by atoms with Gasteiger partial charge in [-0.15, -0.1) is 0 Å². The molecule has 2 N–H and O–H groups in total. The maximum atomic E-state index is 13.1. The summed E-state index contributed by atoms with van der Waals surface area (Å²) in [7, 11) is 0. The van der Waals surface area contributed by atoms with Crippen LogP contribution in [0.4, 0.5) is 4.39 Å². The van der Waals surface area contributed by atoms with Crippen LogP contribution in [0.5, 0.6) is 0 Å². The molecule has 4 heteroatoms. The van der Waals surface area contributed by atoms with E-state index in [9.17, 15) is 4.39 Å². The van der Waals surface area contributed by atoms with E-state index < -0.39 is 0 Å². The fraction of sp³-hybridized carbons (Fsp3) is 0.538. The third-order valence-electron chi connectivity index (χ3n) is 3.16. The van der Waals surface area contributed by atoms with Gasteiger partial charge in [0.05, 0.1) is 6.10 Å². The van der Waals surface area contributed by atoms with E-state index in [2.05, 4.69) is 0 Å². The zero-order valence-electron chi connectivity index (χ0n) is 9.66. The lowest BCUT2D eigenvalue weighted by Crippen LogP contribution is -2.40. The van der Waals surface area contributed by atoms with E-state index in [0.717, 1.165) is 31.4 Å². The van der Waals surface area contributed by atoms with E-state index in [-0.39, 0.29) is 18.0 Å². The average Bonchev–Trinajstić information content (AvgIpc) is 2.35. The van der Waals surface area contributed by atoms with Gasteiger partial charge in [-0.2, -0.15) is 0 Å². The van der Waals surface area contributed by atoms with Crippen molar-refractivity contribution in [2.75, 3.05) is 6.61 Å². The first-order chi connectivity index (χ1) is 8.16. The summed E-state index contributed by atoms with van der Waals surface area (Å²) in [4.78, 5) is 0. The number of ether oxygens (including phenoxy) is 1. The summed E-state index contributed by atoms with van der Waals surface area (Å²) in [6, 6.07) is 4.26. The van der Waals surface area contributed by atoms with Gasteiger partial charge in [0.25, 0.3) is 0 Å². The Morgan fingerprint density at radius 1 is 1.47 bits per heavy atom. The van der Waals surface area contributed by atoms with Gasteiger partial charge in [-0.1, -0.05) is 11.6 Å². The SMILES string of the molecule is NC(Cc1cc(F)ccc1Cl)C1CCCCO1. The number of hydrogen-bond acceptors (Lipinski definition) is 2. The number of benzene rings is 1. The maximum Gasteiger partial charge on any atom is 0.123 e. The van der Waals surface area contributed by atoms with Crippen LogP contribution in [0, 0.1) is 5.82 Å². The minimum absolute atomic E-state index is 0.0723. The highest BCUT2D eigenvalue weighted by Gasteiger charge is 2.22. The molecule has 0 radical (unpaired) electrons. The molecule has 2 atom stereocenters. The van der Waals surface area contributed by atoms with Gasteiger partial charge in [-0.25, -0.2) is 4.39 Å². The van der Waals surface area contributed by atoms with Gasteiger partial charge in [-0.3, -0.25) is 0 Å². The van der Waals surface area contributed by atoms with Crippen LogP contribution in [0.2, 0.25) is 5.02 Å². The van der Waals surface area contributed by atoms with Gasteiger partial charge >= 0.3 is 0 Å². The normalized spacial score (nSPS) is 22.4. The van der Waals surface area contributed by atoms with Crippen molar-refractivity contribution in [1.29, 1.82) is 0 Å². The van der Waals surface area contributed by atoms with Gasteiger partial charge in [-0.05, 0) is 49.4 Å². The number of rotatable bonds is 3. The van der Waals surface area contributed by atoms with Crippen LogP contribution in [0.3, 0.4) is 0 Å². The smallest absolute Gasteiger partial charge is 0.123 e. The molecule has 1 aliphatic rings. The van der Waals surface area contributed by atoms with Crippen LogP contribution in [0.25, 0.3) is 0 Å². The van der Waals surface area contributed by atoms with Crippen LogP contribution < -0.4 is 5.73 Å². The monoisotopic (exact) mass is 257 g/mol. The standard InChI is InChI=1S/C13H17ClFNO/c14-11-5-4-10(15)7-9(11)8-12(16)13-3-1-2-6-17-13/h4-5,7,12-13H,1-3,6,8,16H2. The molecule has 1 saturated heterocycles. The van der Waals surface area contributed by atoms with Crippen LogP contribution in [-0.2, 0) is 11.2 Å². The molecule has 0 spiro atoms. The minimum Gasteiger partial charge on any atom is -0.377 e. The molecular weight excluding hydrogens is 241 g/mol. The molecule has 0 amide bonds. The van der Waals surface area contributed by atoms with E-state index in [1.807, 2.05) is 0 Å². The maximum absolute atomic E-state index is 13.1. The third kappa shape index (κ3) is 3.41. The van der Waals surface area contributed by atoms with Crippen LogP contribution in [-0.4, -0.2) is 18.8 Å². The summed E-state index contributed by atoms with van der Waals surface area (Å²) in [5.74, 6) is -0.277. The molecule has 0 aliphatic carbocycles. The molecule has 94 valence electrons. The first kappa shape index (κ1) is 12.8. The summed E-state index contributed by atoms with van der Waals surface area (Å²) in [5.41, 5.74) is 6.85. The highest BCUT2D eigenvalue weighted by molar-refractivity contribution is 6.31. The second-order valence-electron chi connectivity index (χ2n) is 4.51. The van der Waals surface area contributed by atoms with Gasteiger partial charge < -0.3 is 10.5 Å². The fourth-order valence-corrected chi connectivity index (χ4v) is 2.38. The predicted molar refractivity (Wildman–Crippen MR) is 66.7 cm³/mol. The summed E-state index contributed by atoms with van der Waals surface area (Å²) in [5, 5.41) is 0.567. The largest absolute Gasteiger partial charge is 0.377 e. The Morgan fingerprint density at radius 2 is 2.29 bits per heavy atom. The molecule has 2 nitrogen and oxygen atoms in total. The van der Waals surface area contributed by atoms with Crippen molar-refractivity contribution >= 4 is 11.6 Å². The summed E-state index contributed by atoms with van der Waals surface area (Å²) >= 11 is 6.02. The summed E-state index contributed by atoms with van der Waals surface area (Å²) in [6.45, 7) is 0.773. The van der Waals surface area contributed by atoms with E-state index >= 15 is 0 Å². The van der Waals surface area contributed by atoms with Gasteiger partial charge in [0.1, 0.15) is 5.82 Å². The second kappa shape index (κ2) is 5.80. The average molecular weight is 258 g/mol. The minimum atomic E-state index is -0.277. The fourth-order valence-electron chi connectivity index (χ4n) is 2.19. The number of nitrogens with two attached hydrogens (primary N) is 1. The number of halogens is 2. The quantitative estimate of drug-likeness (QED) is 0.904. The number of hydrogen-bond donors (Lipinski definition) is 1. The van der Waals surface area contributed by atoms with Gasteiger partial charge in [0, 0.05) is 17.7 Å². The third-order valence-corrected chi connectivity index (χ3v) is 3.52. The molecule has 1 aromatic rings. The molecular formula is C13H17ClFNO. The lowest BCUT2D eigenvalue weighted by molar-refractivity contribution is 0.000629. The van der Waals surface area contributed by atoms with Crippen LogP contribution in [0.1, 0.15) is 24.8 Å². The van der Waals surface area contributed by atoms with Crippen LogP contribution in [0.15, 0.2) is 18.2 Å². The van der Waals surface area contributed by atoms with Crippen molar-refractivity contribution in [3.63, 3.8) is 0 Å². The zero-order valence-corrected chi connectivity index (χ0v) is 10.4. The highest BCUT2D eigenvalue weighted by atomic mass is 35.5. The molecule has 17 heavy (non-hydrogen) atoms. The van der Waals surface area contributed by atoms with Crippen molar-refractivity contribution in [1.82, 2.24) is 0 Å². The molecule has 1 aromatic carbocycles. The predicted octanol–water partition coefficient (Wildman–Crippen LogP) is 2.92. The molecule has 1 heterocycles. The molecule has 2 unspecified atom stereocenters. The zero-order chi connectivity index (χ0) is 12.3. The van der Waals surface area contributed by atoms with E-state index in [4.69, 9.17) is 22.1 Å². The highest BCUT2D eigenvalue weighted by Crippen LogP contribution is 2.22. The Labute approximate surface area is 106 Å². The molecule has 0 saturated carbocycles. The van der Waals surface area contributed by atoms with Crippen LogP contribution >= 0.6 is 11.6 Å². The van der Waals surface area contributed by atoms with E-state index in [1.54, 1.807) is 6.07 Å². The Morgan fingerprint density at radius 3 is 3.00 bits per heavy atom. The van der Waals surface area contributed by atoms with Crippen molar-refractivity contribution < 1.29 is 9.13 Å². The van der Waals surface area contributed by atoms with Crippen molar-refractivity contribution in [2.45, 2.75) is 37.8 Å². The summed E-state index contributed by atoms with van der Waals surface area (Å²) in [6.07, 6.45) is 3.86. The van der Waals surface area contributed by atoms with Gasteiger partial charge in [0.2, 0.25) is 0 Å². The Bertz CT molecular complexity index is 380. The molecule has 2 rings (SSSR count). The first-order valence-electron chi connectivity index (χ1n) is 5.98. The Balaban J connectivity index is 2.01. The molecule has 1 aliphatic heterocycles. The summed E-state index contributed by atoms with van der Waals surface area (Å²) < 4.78 is 18.7. The van der Waals surface area contributed by atoms with E-state index in [1.165, 1.54) is 12.1 Å². The molecule has 0 aromatic heterocycles. The second-order valence-corrected chi connectivity index (χ2v) is 4.92. The Hall–Kier alpha value is -0.640. The Kier molecular flexibility index (Phi) is 4.37. The van der Waals surface area contributed by atoms with Crippen molar-refractivity contribution in [3.05, 3.63) is 34.6 Å². The molecule has 1 fully saturated rings. The first-order valence-corrected chi connectivity index (χ1v) is 6.36. The molecule has 0 bridgehead atoms. The van der Waals surface area contributed by atoms with Crippen molar-refractivity contribution in [2.24, 2.45) is 5.73 Å². The lowest BCUT2D eigenvalue weighted by atomic mass is 9.97. The van der Waals surface area contributed by atoms with Crippen molar-refractivity contribution in [3.8, 4) is 0 Å². The van der Waals surface area contributed by atoms with E-state index in [0.29, 0.717) is 11.4 Å².